The van der Waals surface area contributed by atoms with E-state index in [-0.39, 0.29) is 80.6 Å². The molecule has 19 heteroatoms. The van der Waals surface area contributed by atoms with Crippen LogP contribution in [0.4, 0.5) is 23.2 Å². The summed E-state index contributed by atoms with van der Waals surface area (Å²) in [4.78, 5) is 71.5. The van der Waals surface area contributed by atoms with E-state index in [2.05, 4.69) is 20.4 Å². The number of nitrogens with one attached hydrogen (secondary N) is 1. The third-order valence-corrected chi connectivity index (χ3v) is 12.3. The van der Waals surface area contributed by atoms with Crippen LogP contribution in [0.2, 0.25) is 0 Å². The van der Waals surface area contributed by atoms with Crippen LogP contribution in [0.3, 0.4) is 0 Å². The first-order valence-electron chi connectivity index (χ1n) is 21.1. The number of ether oxygens (including phenoxy) is 2. The molecule has 340 valence electrons. The average molecular weight is 899 g/mol. The minimum atomic E-state index is -5.12. The number of carbonyl (C=O) groups is 4. The zero-order valence-corrected chi connectivity index (χ0v) is 35.5. The second-order valence-electron chi connectivity index (χ2n) is 16.8. The molecule has 2 fully saturated rings. The third-order valence-electron chi connectivity index (χ3n) is 12.3. The van der Waals surface area contributed by atoms with Gasteiger partial charge in [-0.2, -0.15) is 0 Å². The SMILES string of the molecule is CN(C)C(=O)c1ccc(C2CC(C3C[C@H](c4ccc(-n5ccccc5=O)c(F)c4)CN(C(=O)CCn4ccnn4)C3)CN(C(=O)CC3Oc4ccccc4NC3=O)C2)c(OC(F)(F)F)c1. The van der Waals surface area contributed by atoms with Crippen molar-refractivity contribution in [2.75, 3.05) is 45.6 Å². The van der Waals surface area contributed by atoms with Gasteiger partial charge in [0.05, 0.1) is 30.5 Å². The smallest absolute Gasteiger partial charge is 0.478 e. The summed E-state index contributed by atoms with van der Waals surface area (Å²) in [7, 11) is 2.94. The number of aryl methyl sites for hydroxylation is 1. The second-order valence-corrected chi connectivity index (χ2v) is 16.8. The fourth-order valence-electron chi connectivity index (χ4n) is 9.14. The van der Waals surface area contributed by atoms with E-state index in [0.717, 1.165) is 6.07 Å². The number of amides is 4. The van der Waals surface area contributed by atoms with Gasteiger partial charge in [0.25, 0.3) is 17.4 Å². The number of fused-ring (bicyclic) bond motifs is 1. The van der Waals surface area contributed by atoms with E-state index >= 15 is 4.39 Å². The van der Waals surface area contributed by atoms with Crippen LogP contribution in [-0.4, -0.2) is 111 Å². The predicted octanol–water partition coefficient (Wildman–Crippen LogP) is 5.61. The maximum Gasteiger partial charge on any atom is 0.573 e. The average Bonchev–Trinajstić information content (AvgIpc) is 3.81. The molecule has 5 aromatic rings. The Bertz CT molecular complexity index is 2640. The van der Waals surface area contributed by atoms with Crippen molar-refractivity contribution in [3.05, 3.63) is 130 Å². The first-order valence-corrected chi connectivity index (χ1v) is 21.1. The Morgan fingerprint density at radius 2 is 1.58 bits per heavy atom. The molecule has 3 aliphatic rings. The first-order chi connectivity index (χ1) is 31.1. The fourth-order valence-corrected chi connectivity index (χ4v) is 9.14. The molecule has 2 aromatic heterocycles. The number of hydrogen-bond acceptors (Lipinski definition) is 9. The number of benzene rings is 3. The number of pyridine rings is 1. The molecular formula is C46H46F4N8O7. The van der Waals surface area contributed by atoms with Gasteiger partial charge in [0.15, 0.2) is 6.10 Å². The molecule has 4 amide bonds. The summed E-state index contributed by atoms with van der Waals surface area (Å²) in [6.45, 7) is 0.742. The molecule has 15 nitrogen and oxygen atoms in total. The van der Waals surface area contributed by atoms with Crippen LogP contribution < -0.4 is 20.3 Å². The highest BCUT2D eigenvalue weighted by Crippen LogP contribution is 2.44. The molecule has 0 saturated carbocycles. The summed E-state index contributed by atoms with van der Waals surface area (Å²) in [5.41, 5.74) is 0.717. The number of likely N-dealkylation sites (tertiary alicyclic amines) is 2. The minimum absolute atomic E-state index is 0.0374. The second kappa shape index (κ2) is 18.6. The van der Waals surface area contributed by atoms with Gasteiger partial charge in [-0.25, -0.2) is 4.39 Å². The number of para-hydroxylation sites is 2. The summed E-state index contributed by atoms with van der Waals surface area (Å²) in [5.74, 6) is -4.65. The standard InChI is InChI=1S/C46H46F4N8O7/c1-54(2)45(63)29-10-12-34(39(22-29)65-46(48,49)50)33-20-32(26-56(27-33)43(61)23-40-44(62)52-36-7-3-4-8-38(36)64-40)31-19-30(24-55(25-31)41(59)14-17-57-18-15-51-53-57)28-11-13-37(35(47)21-28)58-16-6-5-9-42(58)60/h3-13,15-16,18,21-22,30-33,40H,14,17,19-20,23-27H2,1-2H3,(H,52,62)/t30-,31?,32?,33?,40?/m0/s1. The van der Waals surface area contributed by atoms with Crippen LogP contribution in [0.25, 0.3) is 5.69 Å². The maximum atomic E-state index is 16.0. The van der Waals surface area contributed by atoms with E-state index in [1.54, 1.807) is 53.6 Å². The van der Waals surface area contributed by atoms with Crippen molar-refractivity contribution in [1.82, 2.24) is 34.3 Å². The molecule has 0 aliphatic carbocycles. The van der Waals surface area contributed by atoms with Crippen molar-refractivity contribution >= 4 is 29.3 Å². The number of halogens is 4. The predicted molar refractivity (Wildman–Crippen MR) is 227 cm³/mol. The van der Waals surface area contributed by atoms with E-state index in [9.17, 15) is 37.1 Å². The van der Waals surface area contributed by atoms with E-state index in [0.29, 0.717) is 23.4 Å². The van der Waals surface area contributed by atoms with E-state index < -0.39 is 65.1 Å². The number of rotatable bonds is 11. The van der Waals surface area contributed by atoms with Crippen LogP contribution in [0, 0.1) is 17.7 Å². The topological polar surface area (TPSA) is 161 Å². The summed E-state index contributed by atoms with van der Waals surface area (Å²) in [6, 6.07) is 19.7. The van der Waals surface area contributed by atoms with Crippen LogP contribution in [0.1, 0.15) is 59.0 Å². The molecular weight excluding hydrogens is 853 g/mol. The monoisotopic (exact) mass is 898 g/mol. The van der Waals surface area contributed by atoms with Crippen molar-refractivity contribution < 1.29 is 46.2 Å². The Labute approximate surface area is 370 Å². The molecule has 65 heavy (non-hydrogen) atoms. The lowest BCUT2D eigenvalue weighted by Gasteiger charge is -2.46. The number of carbonyl (C=O) groups excluding carboxylic acids is 4. The van der Waals surface area contributed by atoms with Crippen molar-refractivity contribution in [3.8, 4) is 17.2 Å². The Hall–Kier alpha value is -7.05. The number of piperidine rings is 2. The van der Waals surface area contributed by atoms with Gasteiger partial charge in [-0.15, -0.1) is 18.3 Å². The van der Waals surface area contributed by atoms with Gasteiger partial charge in [0.1, 0.15) is 17.3 Å². The van der Waals surface area contributed by atoms with Gasteiger partial charge < -0.3 is 29.5 Å². The highest BCUT2D eigenvalue weighted by atomic mass is 19.4. The van der Waals surface area contributed by atoms with Crippen molar-refractivity contribution in [3.63, 3.8) is 0 Å². The summed E-state index contributed by atoms with van der Waals surface area (Å²) in [5, 5.41) is 10.5. The number of aromatic nitrogens is 4. The van der Waals surface area contributed by atoms with E-state index in [4.69, 9.17) is 4.74 Å². The molecule has 8 rings (SSSR count). The molecule has 5 atom stereocenters. The Morgan fingerprint density at radius 1 is 0.862 bits per heavy atom. The van der Waals surface area contributed by atoms with Crippen molar-refractivity contribution in [1.29, 1.82) is 0 Å². The van der Waals surface area contributed by atoms with Crippen LogP contribution in [-0.2, 0) is 20.9 Å². The number of alkyl halides is 3. The van der Waals surface area contributed by atoms with Crippen LogP contribution >= 0.6 is 0 Å². The molecule has 0 radical (unpaired) electrons. The van der Waals surface area contributed by atoms with Gasteiger partial charge in [0.2, 0.25) is 11.8 Å². The normalized spacial score (nSPS) is 20.9. The summed E-state index contributed by atoms with van der Waals surface area (Å²) in [6.07, 6.45) is -1.39. The molecule has 3 aromatic carbocycles. The van der Waals surface area contributed by atoms with E-state index in [1.165, 1.54) is 75.9 Å². The van der Waals surface area contributed by atoms with Gasteiger partial charge in [-0.1, -0.05) is 35.5 Å². The lowest BCUT2D eigenvalue weighted by molar-refractivity contribution is -0.275. The van der Waals surface area contributed by atoms with Crippen molar-refractivity contribution in [2.24, 2.45) is 11.8 Å². The number of nitrogens with zero attached hydrogens (tertiary/aromatic N) is 7. The number of hydrogen-bond donors (Lipinski definition) is 1. The number of anilines is 1. The minimum Gasteiger partial charge on any atom is -0.478 e. The molecule has 2 saturated heterocycles. The van der Waals surface area contributed by atoms with Gasteiger partial charge in [-0.3, -0.25) is 33.2 Å². The van der Waals surface area contributed by atoms with E-state index in [1.807, 2.05) is 0 Å². The largest absolute Gasteiger partial charge is 0.573 e. The maximum absolute atomic E-state index is 16.0. The van der Waals surface area contributed by atoms with Crippen molar-refractivity contribution in [2.45, 2.75) is 56.5 Å². The Morgan fingerprint density at radius 3 is 2.29 bits per heavy atom. The molecule has 0 spiro atoms. The van der Waals surface area contributed by atoms with Gasteiger partial charge >= 0.3 is 6.36 Å². The van der Waals surface area contributed by atoms with Gasteiger partial charge in [0, 0.05) is 82.6 Å². The Balaban J connectivity index is 1.14. The third kappa shape index (κ3) is 10.2. The quantitative estimate of drug-likeness (QED) is 0.166. The van der Waals surface area contributed by atoms with Crippen LogP contribution in [0.5, 0.6) is 11.5 Å². The molecule has 3 aliphatic heterocycles. The highest BCUT2D eigenvalue weighted by Gasteiger charge is 2.43. The molecule has 1 N–H and O–H groups in total. The summed E-state index contributed by atoms with van der Waals surface area (Å²) < 4.78 is 71.4. The molecule has 0 bridgehead atoms. The summed E-state index contributed by atoms with van der Waals surface area (Å²) >= 11 is 0. The highest BCUT2D eigenvalue weighted by molar-refractivity contribution is 6.00. The molecule has 5 heterocycles. The molecule has 4 unspecified atom stereocenters. The zero-order chi connectivity index (χ0) is 46.0. The lowest BCUT2D eigenvalue weighted by Crippen LogP contribution is -2.51. The zero-order valence-electron chi connectivity index (χ0n) is 35.5. The van der Waals surface area contributed by atoms with Gasteiger partial charge in [-0.05, 0) is 78.3 Å². The van der Waals surface area contributed by atoms with Crippen LogP contribution in [0.15, 0.2) is 102 Å². The lowest BCUT2D eigenvalue weighted by atomic mass is 9.72. The first kappa shape index (κ1) is 44.6. The fraction of sp³-hybridized carbons (Fsp3) is 0.370. The Kier molecular flexibility index (Phi) is 12.7.